The Hall–Kier alpha value is -11.3. The average Bonchev–Trinajstić information content (AvgIpc) is 1.46. The molecule has 1 aliphatic heterocycles. The van der Waals surface area contributed by atoms with Gasteiger partial charge in [0.1, 0.15) is 34.9 Å². The Morgan fingerprint density at radius 2 is 0.738 bits per heavy atom. The van der Waals surface area contributed by atoms with Crippen LogP contribution in [0.5, 0.6) is 0 Å². The van der Waals surface area contributed by atoms with Gasteiger partial charge in [-0.05, 0) is 287 Å². The molecule has 4 atom stereocenters. The maximum absolute atomic E-state index is 11.7. The smallest absolute Gasteiger partial charge is 0.254 e. The van der Waals surface area contributed by atoms with Crippen molar-refractivity contribution in [3.8, 4) is 0 Å². The van der Waals surface area contributed by atoms with Crippen LogP contribution in [0.3, 0.4) is 0 Å². The third-order valence-corrected chi connectivity index (χ3v) is 28.5. The van der Waals surface area contributed by atoms with Crippen molar-refractivity contribution in [3.63, 3.8) is 0 Å². The first-order valence-electron chi connectivity index (χ1n) is 52.5. The Kier molecular flexibility index (Phi) is 41.7. The number of nitrogens with two attached hydrogens (primary N) is 6. The Balaban J connectivity index is 0.000000179. The number of aromatic nitrogens is 12. The number of rotatable bonds is 39. The van der Waals surface area contributed by atoms with E-state index in [4.69, 9.17) is 48.6 Å². The quantitative estimate of drug-likeness (QED) is 0.0170. The highest BCUT2D eigenvalue weighted by molar-refractivity contribution is 6.00. The Morgan fingerprint density at radius 1 is 0.414 bits per heavy atom. The SMILES string of the molecule is CC(C)(C)Nc1nc(NC2(C)CCOCC2)ncc1C(N)=O.CC12CC(Nc3nc(NC4CCC(O)CC4)ncc3C(N)=O)(C1)C2.CCCC(C)(C)Nc1nc(NC2CCC(O)CC2)ncc1C(N)=O.CCCC(C)(C)Nc1nc(NC2CCC(OC)CC2)ncc1C(N)=O.CCCC(C)(C)Nc1nc(NC2CCC(OCC)CC2)ncc1C(N)=O.C[C@@H]1CC[C@@H](Nc2nc(N[C@H](C)C3CC3)ncc2C(N)=O)C[C@H]1O. The minimum Gasteiger partial charge on any atom is -0.393 e. The topological polar surface area (TPSA) is 646 Å². The molecule has 27 N–H and O–H groups in total. The Bertz CT molecular complexity index is 5090. The van der Waals surface area contributed by atoms with Crippen LogP contribution in [0.1, 0.15) is 385 Å². The van der Waals surface area contributed by atoms with Crippen molar-refractivity contribution in [1.29, 1.82) is 0 Å². The van der Waals surface area contributed by atoms with Crippen LogP contribution in [0.25, 0.3) is 0 Å². The van der Waals surface area contributed by atoms with Crippen LogP contribution < -0.4 is 98.2 Å². The van der Waals surface area contributed by atoms with Gasteiger partial charge in [0.2, 0.25) is 35.7 Å². The molecular weight excluding hydrogens is 1850 g/mol. The summed E-state index contributed by atoms with van der Waals surface area (Å²) in [6.07, 6.45) is 39.9. The average molecular weight is 2020 g/mol. The minimum atomic E-state index is -0.552. The van der Waals surface area contributed by atoms with Gasteiger partial charge in [-0.1, -0.05) is 53.9 Å². The highest BCUT2D eigenvalue weighted by atomic mass is 16.5. The Morgan fingerprint density at radius 3 is 1.08 bits per heavy atom. The second-order valence-electron chi connectivity index (χ2n) is 44.8. The number of anilines is 12. The molecule has 42 heteroatoms. The molecule has 7 heterocycles. The van der Waals surface area contributed by atoms with E-state index in [0.717, 1.165) is 206 Å². The third kappa shape index (κ3) is 36.3. The maximum Gasteiger partial charge on any atom is 0.254 e. The number of hydrogen-bond acceptors (Lipinski definition) is 36. The zero-order valence-electron chi connectivity index (χ0n) is 89.1. The van der Waals surface area contributed by atoms with E-state index in [1.54, 1.807) is 7.11 Å². The second-order valence-corrected chi connectivity index (χ2v) is 44.8. The van der Waals surface area contributed by atoms with Gasteiger partial charge in [0.25, 0.3) is 35.4 Å². The molecule has 42 nitrogen and oxygen atoms in total. The standard InChI is InChI=1S/C19H33N5O2.C18H31N5O2.C17H25N5O2.C17H27N5O2.C17H29N5O2.C15H25N5O2/c1-5-11-19(3,4)24-17-15(16(20)25)12-21-18(23-17)22-13-7-9-14(10-8-13)26-6-2;1-5-10-18(2,3)23-16-14(15(19)24)11-20-17(22-16)21-12-6-8-13(25-4)9-7-12;1-16-7-17(8-16,9-16)22-14-12(13(18)24)6-19-15(21-14)20-10-2-4-11(23)5-3-10;1-9-3-6-12(7-14(9)23)21-16-13(15(18)24)8-19-17(22-16)20-10(2)11-4-5-11;1-4-9-17(2,3)22-15-13(14(18)24)10-19-16(21-15)20-11-5-7-12(23)8-6-11;1-14(2,3)19-12-10(11(16)21)9-17-13(18-12)20-15(4)5-7-22-8-6-15/h12-14H,5-11H2,1-4H3,(H2,20,25)(H2,21,22,23,24);11-13H,5-10H2,1-4H3,(H2,19,24)(H2,20,21,22,23);6,10-11,23H,2-5,7-9H2,1H3,(H2,18,24)(H2,19,20,21,22);8-12,14,23H,3-7H2,1-2H3,(H2,18,24)(H2,19,20,21,22);10-12,23H,4-9H2,1-3H3,(H2,18,24)(H2,19,20,21,22);9H,5-8H2,1-4H3,(H2,16,21)(H2,17,18,19,20)/t;;;9-,10-,12-,14-;;/m...1../s1. The number of ether oxygens (including phenoxy) is 3. The molecule has 0 radical (unpaired) electrons. The van der Waals surface area contributed by atoms with Crippen molar-refractivity contribution >= 4 is 106 Å². The normalized spacial score (nSPS) is 24.4. The molecular formula is C103H170N30O12. The number of carbonyl (C=O) groups is 6. The Labute approximate surface area is 855 Å². The number of amides is 6. The predicted octanol–water partition coefficient (Wildman–Crippen LogP) is 13.7. The van der Waals surface area contributed by atoms with Gasteiger partial charge in [-0.15, -0.1) is 0 Å². The largest absolute Gasteiger partial charge is 0.393 e. The van der Waals surface area contributed by atoms with Crippen LogP contribution in [0.15, 0.2) is 37.2 Å². The molecule has 1 saturated heterocycles. The van der Waals surface area contributed by atoms with Crippen LogP contribution >= 0.6 is 0 Å². The van der Waals surface area contributed by atoms with E-state index in [1.165, 1.54) is 50.0 Å². The van der Waals surface area contributed by atoms with Gasteiger partial charge in [-0.25, -0.2) is 29.9 Å². The molecule has 2 bridgehead atoms. The number of hydrogen-bond donors (Lipinski definition) is 21. The van der Waals surface area contributed by atoms with Crippen LogP contribution in [0, 0.1) is 17.3 Å². The molecule has 6 aromatic rings. The lowest BCUT2D eigenvalue weighted by Crippen LogP contribution is -2.69. The van der Waals surface area contributed by atoms with Crippen LogP contribution in [-0.4, -0.2) is 238 Å². The van der Waals surface area contributed by atoms with Gasteiger partial charge in [-0.2, -0.15) is 29.9 Å². The predicted molar refractivity (Wildman–Crippen MR) is 569 cm³/mol. The van der Waals surface area contributed by atoms with E-state index < -0.39 is 35.4 Å². The monoisotopic (exact) mass is 2020 g/mol. The molecule has 10 fully saturated rings. The molecule has 0 spiro atoms. The zero-order valence-corrected chi connectivity index (χ0v) is 89.1. The fourth-order valence-electron chi connectivity index (χ4n) is 20.4. The number of nitrogens with one attached hydrogen (secondary N) is 12. The molecule has 9 aliphatic carbocycles. The summed E-state index contributed by atoms with van der Waals surface area (Å²) in [5.41, 5.74) is 34.2. The van der Waals surface area contributed by atoms with Crippen molar-refractivity contribution < 1.29 is 58.3 Å². The first-order chi connectivity index (χ1) is 68.5. The van der Waals surface area contributed by atoms with Gasteiger partial charge in [0.05, 0.1) is 63.9 Å². The minimum absolute atomic E-state index is 0.0814. The molecule has 6 aromatic heterocycles. The first kappa shape index (κ1) is 116. The highest BCUT2D eigenvalue weighted by Gasteiger charge is 2.65. The number of carbonyl (C=O) groups excluding carboxylic acids is 6. The lowest BCUT2D eigenvalue weighted by Gasteiger charge is -2.69. The van der Waals surface area contributed by atoms with Crippen LogP contribution in [0.4, 0.5) is 70.6 Å². The van der Waals surface area contributed by atoms with Crippen molar-refractivity contribution in [3.05, 3.63) is 70.6 Å². The van der Waals surface area contributed by atoms with Gasteiger partial charge in [-0.3, -0.25) is 28.8 Å². The van der Waals surface area contributed by atoms with Crippen molar-refractivity contribution in [1.82, 2.24) is 59.8 Å². The summed E-state index contributed by atoms with van der Waals surface area (Å²) in [5, 5.41) is 69.3. The van der Waals surface area contributed by atoms with E-state index in [0.29, 0.717) is 147 Å². The van der Waals surface area contributed by atoms with E-state index >= 15 is 0 Å². The van der Waals surface area contributed by atoms with Crippen molar-refractivity contribution in [2.45, 2.75) is 423 Å². The number of aliphatic hydroxyl groups is 3. The van der Waals surface area contributed by atoms with Gasteiger partial charge in [0.15, 0.2) is 0 Å². The molecule has 9 saturated carbocycles. The maximum atomic E-state index is 11.7. The van der Waals surface area contributed by atoms with Gasteiger partial charge >= 0.3 is 0 Å². The first-order valence-corrected chi connectivity index (χ1v) is 52.5. The number of nitrogens with zero attached hydrogens (tertiary/aromatic N) is 12. The second kappa shape index (κ2) is 52.3. The molecule has 6 amide bonds. The number of primary amides is 6. The molecule has 10 aliphatic rings. The fourth-order valence-corrected chi connectivity index (χ4v) is 20.4. The summed E-state index contributed by atoms with van der Waals surface area (Å²) in [5.74, 6) is 3.73. The zero-order chi connectivity index (χ0) is 106. The highest BCUT2D eigenvalue weighted by Crippen LogP contribution is 2.68. The van der Waals surface area contributed by atoms with Crippen LogP contribution in [-0.2, 0) is 14.2 Å². The number of methoxy groups -OCH3 is 1. The van der Waals surface area contributed by atoms with Crippen molar-refractivity contribution in [2.75, 3.05) is 90.7 Å². The van der Waals surface area contributed by atoms with Crippen LogP contribution in [0.2, 0.25) is 0 Å². The molecule has 16 rings (SSSR count). The molecule has 145 heavy (non-hydrogen) atoms. The fraction of sp³-hybridized carbons (Fsp3) is 0.709. The van der Waals surface area contributed by atoms with E-state index in [9.17, 15) is 44.1 Å². The summed E-state index contributed by atoms with van der Waals surface area (Å²) in [6, 6.07) is 1.54. The van der Waals surface area contributed by atoms with E-state index in [-0.39, 0.29) is 80.8 Å². The van der Waals surface area contributed by atoms with Gasteiger partial charge in [0, 0.05) is 134 Å². The molecule has 0 unspecified atom stereocenters. The van der Waals surface area contributed by atoms with E-state index in [1.807, 2.05) is 27.7 Å². The summed E-state index contributed by atoms with van der Waals surface area (Å²) in [4.78, 5) is 122. The summed E-state index contributed by atoms with van der Waals surface area (Å²) in [6.45, 7) is 37.7. The molecule has 0 aromatic carbocycles. The summed E-state index contributed by atoms with van der Waals surface area (Å²) >= 11 is 0. The van der Waals surface area contributed by atoms with E-state index in [2.05, 4.69) is 214 Å². The number of aliphatic hydroxyl groups excluding tert-OH is 3. The lowest BCUT2D eigenvalue weighted by molar-refractivity contribution is -0.1000. The summed E-state index contributed by atoms with van der Waals surface area (Å²) < 4.78 is 16.5. The molecule has 804 valence electrons. The van der Waals surface area contributed by atoms with Crippen molar-refractivity contribution in [2.24, 2.45) is 51.7 Å². The third-order valence-electron chi connectivity index (χ3n) is 28.5. The summed E-state index contributed by atoms with van der Waals surface area (Å²) in [7, 11) is 1.76. The lowest BCUT2D eigenvalue weighted by atomic mass is 9.40. The van der Waals surface area contributed by atoms with Gasteiger partial charge < -0.3 is 128 Å².